The van der Waals surface area contributed by atoms with E-state index >= 15 is 0 Å². The normalized spacial score (nSPS) is 11.3. The second-order valence-corrected chi connectivity index (χ2v) is 7.21. The molecule has 0 saturated carbocycles. The Labute approximate surface area is 133 Å². The summed E-state index contributed by atoms with van der Waals surface area (Å²) in [6.45, 7) is 0.863. The molecule has 4 nitrogen and oxygen atoms in total. The molecule has 2 N–H and O–H groups in total. The van der Waals surface area contributed by atoms with Gasteiger partial charge in [-0.2, -0.15) is 0 Å². The average Bonchev–Trinajstić information content (AvgIpc) is 2.45. The number of nitrogens with one attached hydrogen (secondary N) is 2. The average molecular weight is 369 g/mol. The van der Waals surface area contributed by atoms with Crippen LogP contribution in [0.25, 0.3) is 0 Å². The second-order valence-electron chi connectivity index (χ2n) is 4.61. The number of likely N-dealkylation sites (N-methyl/N-ethyl adjacent to an activating group) is 1. The van der Waals surface area contributed by atoms with Crippen LogP contribution in [0.2, 0.25) is 0 Å². The first-order valence-electron chi connectivity index (χ1n) is 6.53. The van der Waals surface area contributed by atoms with Gasteiger partial charge in [-0.15, -0.1) is 0 Å². The van der Waals surface area contributed by atoms with Crippen LogP contribution in [-0.2, 0) is 16.4 Å². The Kier molecular flexibility index (Phi) is 5.39. The molecule has 112 valence electrons. The van der Waals surface area contributed by atoms with Gasteiger partial charge in [0.1, 0.15) is 0 Å². The van der Waals surface area contributed by atoms with Crippen molar-refractivity contribution in [2.45, 2.75) is 11.3 Å². The lowest BCUT2D eigenvalue weighted by Crippen LogP contribution is -2.13. The third-order valence-electron chi connectivity index (χ3n) is 2.97. The van der Waals surface area contributed by atoms with Crippen LogP contribution < -0.4 is 10.0 Å². The van der Waals surface area contributed by atoms with Gasteiger partial charge < -0.3 is 5.32 Å². The van der Waals surface area contributed by atoms with Gasteiger partial charge in [0, 0.05) is 10.2 Å². The van der Waals surface area contributed by atoms with Crippen LogP contribution in [0.15, 0.2) is 57.9 Å². The van der Waals surface area contributed by atoms with E-state index in [2.05, 4.69) is 26.0 Å². The summed E-state index contributed by atoms with van der Waals surface area (Å²) in [5, 5.41) is 3.06. The lowest BCUT2D eigenvalue weighted by Gasteiger charge is -2.09. The fourth-order valence-electron chi connectivity index (χ4n) is 1.87. The van der Waals surface area contributed by atoms with E-state index in [4.69, 9.17) is 0 Å². The largest absolute Gasteiger partial charge is 0.319 e. The van der Waals surface area contributed by atoms with Gasteiger partial charge in [-0.3, -0.25) is 4.72 Å². The fraction of sp³-hybridized carbons (Fsp3) is 0.200. The molecule has 0 saturated heterocycles. The summed E-state index contributed by atoms with van der Waals surface area (Å²) in [6.07, 6.45) is 0.871. The highest BCUT2D eigenvalue weighted by atomic mass is 79.9. The maximum Gasteiger partial charge on any atom is 0.261 e. The van der Waals surface area contributed by atoms with Gasteiger partial charge in [0.25, 0.3) is 10.0 Å². The van der Waals surface area contributed by atoms with Crippen LogP contribution in [0.4, 0.5) is 5.69 Å². The molecule has 6 heteroatoms. The summed E-state index contributed by atoms with van der Waals surface area (Å²) in [5.74, 6) is 0. The van der Waals surface area contributed by atoms with Crippen molar-refractivity contribution in [2.24, 2.45) is 0 Å². The Bertz CT molecular complexity index is 700. The monoisotopic (exact) mass is 368 g/mol. The molecule has 0 atom stereocenters. The zero-order valence-electron chi connectivity index (χ0n) is 11.6. The van der Waals surface area contributed by atoms with Crippen LogP contribution in [-0.4, -0.2) is 22.0 Å². The van der Waals surface area contributed by atoms with E-state index in [-0.39, 0.29) is 4.90 Å². The summed E-state index contributed by atoms with van der Waals surface area (Å²) < 4.78 is 28.0. The Morgan fingerprint density at radius 1 is 1.10 bits per heavy atom. The minimum absolute atomic E-state index is 0.260. The van der Waals surface area contributed by atoms with E-state index in [0.717, 1.165) is 23.0 Å². The van der Waals surface area contributed by atoms with E-state index in [0.29, 0.717) is 5.69 Å². The van der Waals surface area contributed by atoms with Crippen molar-refractivity contribution in [2.75, 3.05) is 18.3 Å². The SMILES string of the molecule is CNCCc1ccc(S(=O)(=O)Nc2cccc(Br)c2)cc1. The lowest BCUT2D eigenvalue weighted by molar-refractivity contribution is 0.601. The highest BCUT2D eigenvalue weighted by Crippen LogP contribution is 2.20. The molecule has 21 heavy (non-hydrogen) atoms. The Morgan fingerprint density at radius 2 is 1.81 bits per heavy atom. The van der Waals surface area contributed by atoms with Crippen molar-refractivity contribution in [1.29, 1.82) is 0 Å². The number of halogens is 1. The molecule has 0 fully saturated rings. The number of hydrogen-bond acceptors (Lipinski definition) is 3. The number of rotatable bonds is 6. The molecule has 2 rings (SSSR count). The number of sulfonamides is 1. The standard InChI is InChI=1S/C15H17BrN2O2S/c1-17-10-9-12-5-7-15(8-6-12)21(19,20)18-14-4-2-3-13(16)11-14/h2-8,11,17-18H,9-10H2,1H3. The summed E-state index contributed by atoms with van der Waals surface area (Å²) in [7, 11) is -1.66. The molecule has 2 aromatic carbocycles. The Morgan fingerprint density at radius 3 is 2.43 bits per heavy atom. The third-order valence-corrected chi connectivity index (χ3v) is 4.86. The summed E-state index contributed by atoms with van der Waals surface area (Å²) in [6, 6.07) is 14.0. The van der Waals surface area contributed by atoms with E-state index in [9.17, 15) is 8.42 Å². The molecular formula is C15H17BrN2O2S. The van der Waals surface area contributed by atoms with E-state index in [1.807, 2.05) is 25.2 Å². The van der Waals surface area contributed by atoms with Gasteiger partial charge in [-0.05, 0) is 55.9 Å². The Hall–Kier alpha value is -1.37. The molecule has 0 aliphatic heterocycles. The summed E-state index contributed by atoms with van der Waals surface area (Å²) >= 11 is 3.32. The van der Waals surface area contributed by atoms with Gasteiger partial charge in [0.15, 0.2) is 0 Å². The molecule has 0 unspecified atom stereocenters. The highest BCUT2D eigenvalue weighted by Gasteiger charge is 2.13. The van der Waals surface area contributed by atoms with E-state index < -0.39 is 10.0 Å². The molecule has 0 amide bonds. The number of anilines is 1. The number of benzene rings is 2. The van der Waals surface area contributed by atoms with Crippen molar-refractivity contribution in [1.82, 2.24) is 5.32 Å². The molecule has 0 aromatic heterocycles. The maximum absolute atomic E-state index is 12.3. The molecule has 0 aliphatic carbocycles. The molecular weight excluding hydrogens is 352 g/mol. The molecule has 2 aromatic rings. The lowest BCUT2D eigenvalue weighted by atomic mass is 10.1. The van der Waals surface area contributed by atoms with Gasteiger partial charge in [0.05, 0.1) is 4.90 Å². The van der Waals surface area contributed by atoms with Gasteiger partial charge in [-0.1, -0.05) is 34.1 Å². The summed E-state index contributed by atoms with van der Waals surface area (Å²) in [4.78, 5) is 0.260. The molecule has 0 bridgehead atoms. The topological polar surface area (TPSA) is 58.2 Å². The van der Waals surface area contributed by atoms with Crippen LogP contribution in [0.1, 0.15) is 5.56 Å². The predicted molar refractivity (Wildman–Crippen MR) is 89.0 cm³/mol. The van der Waals surface area contributed by atoms with Crippen molar-refractivity contribution >= 4 is 31.6 Å². The summed E-state index contributed by atoms with van der Waals surface area (Å²) in [5.41, 5.74) is 1.63. The minimum atomic E-state index is -3.55. The van der Waals surface area contributed by atoms with Crippen molar-refractivity contribution in [3.8, 4) is 0 Å². The quantitative estimate of drug-likeness (QED) is 0.823. The first kappa shape index (κ1) is 16.0. The first-order chi connectivity index (χ1) is 10.0. The maximum atomic E-state index is 12.3. The highest BCUT2D eigenvalue weighted by molar-refractivity contribution is 9.10. The van der Waals surface area contributed by atoms with Crippen LogP contribution >= 0.6 is 15.9 Å². The Balaban J connectivity index is 2.15. The smallest absolute Gasteiger partial charge is 0.261 e. The van der Waals surface area contributed by atoms with Crippen molar-refractivity contribution in [3.05, 3.63) is 58.6 Å². The van der Waals surface area contributed by atoms with Crippen molar-refractivity contribution < 1.29 is 8.42 Å². The van der Waals surface area contributed by atoms with Crippen LogP contribution in [0.5, 0.6) is 0 Å². The van der Waals surface area contributed by atoms with E-state index in [1.54, 1.807) is 30.3 Å². The predicted octanol–water partition coefficient (Wildman–Crippen LogP) is 3.01. The van der Waals surface area contributed by atoms with Gasteiger partial charge >= 0.3 is 0 Å². The third kappa shape index (κ3) is 4.56. The fourth-order valence-corrected chi connectivity index (χ4v) is 3.32. The van der Waals surface area contributed by atoms with Crippen LogP contribution in [0.3, 0.4) is 0 Å². The molecule has 0 aliphatic rings. The molecule has 0 heterocycles. The zero-order chi connectivity index (χ0) is 15.3. The molecule has 0 radical (unpaired) electrons. The zero-order valence-corrected chi connectivity index (χ0v) is 14.0. The van der Waals surface area contributed by atoms with Gasteiger partial charge in [0.2, 0.25) is 0 Å². The van der Waals surface area contributed by atoms with Crippen LogP contribution in [0, 0.1) is 0 Å². The number of hydrogen-bond donors (Lipinski definition) is 2. The molecule has 0 spiro atoms. The second kappa shape index (κ2) is 7.06. The van der Waals surface area contributed by atoms with Crippen molar-refractivity contribution in [3.63, 3.8) is 0 Å². The minimum Gasteiger partial charge on any atom is -0.319 e. The van der Waals surface area contributed by atoms with E-state index in [1.165, 1.54) is 0 Å². The van der Waals surface area contributed by atoms with Gasteiger partial charge in [-0.25, -0.2) is 8.42 Å². The first-order valence-corrected chi connectivity index (χ1v) is 8.81.